The number of fused-ring (bicyclic) bond motifs is 2. The molecular weight excluding hydrogens is 180 g/mol. The van der Waals surface area contributed by atoms with Crippen LogP contribution in [0.25, 0.3) is 0 Å². The first-order chi connectivity index (χ1) is 6.83. The Kier molecular flexibility index (Phi) is 2.91. The number of rotatable bonds is 4. The fourth-order valence-corrected chi connectivity index (χ4v) is 2.08. The van der Waals surface area contributed by atoms with Crippen molar-refractivity contribution in [3.63, 3.8) is 0 Å². The first-order valence-corrected chi connectivity index (χ1v) is 5.54. The lowest BCUT2D eigenvalue weighted by Crippen LogP contribution is -2.33. The summed E-state index contributed by atoms with van der Waals surface area (Å²) in [4.78, 5) is 19.1. The highest BCUT2D eigenvalue weighted by Crippen LogP contribution is 2.25. The molecule has 0 saturated carbocycles. The number of hydroxylamine groups is 2. The second kappa shape index (κ2) is 4.17. The fourth-order valence-electron chi connectivity index (χ4n) is 2.08. The van der Waals surface area contributed by atoms with Crippen molar-refractivity contribution in [1.82, 2.24) is 9.96 Å². The summed E-state index contributed by atoms with van der Waals surface area (Å²) in [7, 11) is 0. The van der Waals surface area contributed by atoms with Gasteiger partial charge in [-0.2, -0.15) is 5.06 Å². The normalized spacial score (nSPS) is 26.1. The molecule has 80 valence electrons. The lowest BCUT2D eigenvalue weighted by Gasteiger charge is -2.21. The van der Waals surface area contributed by atoms with Gasteiger partial charge in [0.1, 0.15) is 0 Å². The van der Waals surface area contributed by atoms with E-state index in [0.29, 0.717) is 12.6 Å². The van der Waals surface area contributed by atoms with Crippen LogP contribution < -0.4 is 0 Å². The molecule has 4 heteroatoms. The van der Waals surface area contributed by atoms with Crippen molar-refractivity contribution in [2.24, 2.45) is 0 Å². The number of unbranched alkanes of at least 4 members (excludes halogenated alkanes) is 1. The van der Waals surface area contributed by atoms with Gasteiger partial charge in [0.25, 0.3) is 0 Å². The van der Waals surface area contributed by atoms with Crippen LogP contribution >= 0.6 is 0 Å². The minimum absolute atomic E-state index is 0.0728. The van der Waals surface area contributed by atoms with Gasteiger partial charge in [-0.1, -0.05) is 13.3 Å². The molecule has 2 bridgehead atoms. The summed E-state index contributed by atoms with van der Waals surface area (Å²) in [5.41, 5.74) is 0. The largest absolute Gasteiger partial charge is 0.344 e. The van der Waals surface area contributed by atoms with Crippen molar-refractivity contribution in [1.29, 1.82) is 0 Å². The number of hydrogen-bond donors (Lipinski definition) is 0. The van der Waals surface area contributed by atoms with Gasteiger partial charge in [0, 0.05) is 13.1 Å². The number of nitrogens with zero attached hydrogens (tertiary/aromatic N) is 2. The summed E-state index contributed by atoms with van der Waals surface area (Å²) in [6, 6.07) is 0.386. The molecule has 0 aliphatic carbocycles. The van der Waals surface area contributed by atoms with Gasteiger partial charge in [0.15, 0.2) is 0 Å². The first kappa shape index (κ1) is 9.77. The van der Waals surface area contributed by atoms with Crippen LogP contribution in [0.1, 0.15) is 32.6 Å². The standard InChI is InChI=1S/C10H18N2O2/c1-2-3-7-14-12-9-5-4-6-11(8-9)10(12)13/h9H,2-8H2,1H3. The molecule has 2 heterocycles. The fraction of sp³-hybridized carbons (Fsp3) is 0.900. The zero-order valence-electron chi connectivity index (χ0n) is 8.74. The van der Waals surface area contributed by atoms with E-state index in [1.54, 1.807) is 5.06 Å². The third-order valence-corrected chi connectivity index (χ3v) is 2.92. The number of carbonyl (C=O) groups is 1. The molecule has 4 nitrogen and oxygen atoms in total. The Morgan fingerprint density at radius 2 is 2.43 bits per heavy atom. The summed E-state index contributed by atoms with van der Waals surface area (Å²) in [5.74, 6) is 0. The van der Waals surface area contributed by atoms with Gasteiger partial charge in [-0.05, 0) is 19.3 Å². The Labute approximate surface area is 84.8 Å². The Bertz CT molecular complexity index is 220. The maximum atomic E-state index is 11.7. The Morgan fingerprint density at radius 1 is 1.57 bits per heavy atom. The highest BCUT2D eigenvalue weighted by Gasteiger charge is 2.40. The van der Waals surface area contributed by atoms with E-state index in [9.17, 15) is 4.79 Å². The zero-order chi connectivity index (χ0) is 9.97. The van der Waals surface area contributed by atoms with E-state index in [-0.39, 0.29) is 6.03 Å². The van der Waals surface area contributed by atoms with Gasteiger partial charge < -0.3 is 4.90 Å². The topological polar surface area (TPSA) is 32.8 Å². The van der Waals surface area contributed by atoms with E-state index >= 15 is 0 Å². The predicted octanol–water partition coefficient (Wildman–Crippen LogP) is 1.62. The maximum Gasteiger partial charge on any atom is 0.344 e. The molecule has 0 aromatic carbocycles. The molecule has 1 atom stereocenters. The van der Waals surface area contributed by atoms with Gasteiger partial charge >= 0.3 is 6.03 Å². The third-order valence-electron chi connectivity index (χ3n) is 2.92. The van der Waals surface area contributed by atoms with Crippen LogP contribution in [-0.4, -0.2) is 41.7 Å². The third kappa shape index (κ3) is 1.71. The van der Waals surface area contributed by atoms with Crippen molar-refractivity contribution >= 4 is 6.03 Å². The van der Waals surface area contributed by atoms with Crippen LogP contribution in [0.2, 0.25) is 0 Å². The van der Waals surface area contributed by atoms with Gasteiger partial charge in [0.05, 0.1) is 12.6 Å². The maximum absolute atomic E-state index is 11.7. The van der Waals surface area contributed by atoms with E-state index in [4.69, 9.17) is 4.84 Å². The monoisotopic (exact) mass is 198 g/mol. The number of carbonyl (C=O) groups excluding carboxylic acids is 1. The number of hydrogen-bond acceptors (Lipinski definition) is 2. The molecule has 2 rings (SSSR count). The highest BCUT2D eigenvalue weighted by atomic mass is 16.7. The molecule has 2 saturated heterocycles. The van der Waals surface area contributed by atoms with Crippen LogP contribution in [0.4, 0.5) is 4.79 Å². The van der Waals surface area contributed by atoms with Crippen LogP contribution in [0.5, 0.6) is 0 Å². The van der Waals surface area contributed by atoms with E-state index in [1.807, 2.05) is 4.90 Å². The molecule has 0 N–H and O–H groups in total. The molecule has 14 heavy (non-hydrogen) atoms. The summed E-state index contributed by atoms with van der Waals surface area (Å²) < 4.78 is 0. The summed E-state index contributed by atoms with van der Waals surface area (Å²) in [6.07, 6.45) is 4.34. The molecule has 2 aliphatic heterocycles. The van der Waals surface area contributed by atoms with Gasteiger partial charge in [-0.3, -0.25) is 4.84 Å². The number of piperidine rings is 1. The van der Waals surface area contributed by atoms with Crippen molar-refractivity contribution in [3.05, 3.63) is 0 Å². The molecule has 2 amide bonds. The minimum atomic E-state index is 0.0728. The number of urea groups is 1. The van der Waals surface area contributed by atoms with E-state index < -0.39 is 0 Å². The quantitative estimate of drug-likeness (QED) is 0.643. The first-order valence-electron chi connectivity index (χ1n) is 5.54. The smallest absolute Gasteiger partial charge is 0.321 e. The average Bonchev–Trinajstić information content (AvgIpc) is 2.42. The molecule has 2 aliphatic rings. The summed E-state index contributed by atoms with van der Waals surface area (Å²) >= 11 is 0. The second-order valence-electron chi connectivity index (χ2n) is 4.04. The SMILES string of the molecule is CCCCON1C(=O)N2CCCC1C2. The van der Waals surface area contributed by atoms with Crippen LogP contribution in [0.3, 0.4) is 0 Å². The van der Waals surface area contributed by atoms with Gasteiger partial charge in [-0.25, -0.2) is 4.79 Å². The highest BCUT2D eigenvalue weighted by molar-refractivity contribution is 5.76. The van der Waals surface area contributed by atoms with Crippen molar-refractivity contribution in [3.8, 4) is 0 Å². The molecule has 0 radical (unpaired) electrons. The second-order valence-corrected chi connectivity index (χ2v) is 4.04. The molecule has 0 aromatic rings. The Balaban J connectivity index is 1.88. The van der Waals surface area contributed by atoms with Gasteiger partial charge in [0.2, 0.25) is 0 Å². The van der Waals surface area contributed by atoms with E-state index in [1.165, 1.54) is 0 Å². The predicted molar refractivity (Wildman–Crippen MR) is 52.7 cm³/mol. The molecular formula is C10H18N2O2. The van der Waals surface area contributed by atoms with Crippen molar-refractivity contribution < 1.29 is 9.63 Å². The van der Waals surface area contributed by atoms with E-state index in [2.05, 4.69) is 6.92 Å². The molecule has 0 spiro atoms. The van der Waals surface area contributed by atoms with Crippen molar-refractivity contribution in [2.45, 2.75) is 38.6 Å². The molecule has 2 fully saturated rings. The molecule has 1 unspecified atom stereocenters. The Hall–Kier alpha value is -0.770. The van der Waals surface area contributed by atoms with E-state index in [0.717, 1.165) is 38.8 Å². The molecule has 0 aromatic heterocycles. The zero-order valence-corrected chi connectivity index (χ0v) is 8.74. The van der Waals surface area contributed by atoms with Crippen LogP contribution in [0, 0.1) is 0 Å². The average molecular weight is 198 g/mol. The lowest BCUT2D eigenvalue weighted by atomic mass is 10.1. The number of amides is 2. The van der Waals surface area contributed by atoms with Gasteiger partial charge in [-0.15, -0.1) is 0 Å². The summed E-state index contributed by atoms with van der Waals surface area (Å²) in [5, 5.41) is 1.60. The van der Waals surface area contributed by atoms with Crippen LogP contribution in [0.15, 0.2) is 0 Å². The summed E-state index contributed by atoms with van der Waals surface area (Å²) in [6.45, 7) is 4.57. The van der Waals surface area contributed by atoms with Crippen molar-refractivity contribution in [2.75, 3.05) is 19.7 Å². The lowest BCUT2D eigenvalue weighted by molar-refractivity contribution is -0.130. The Morgan fingerprint density at radius 3 is 3.14 bits per heavy atom. The minimum Gasteiger partial charge on any atom is -0.321 e. The van der Waals surface area contributed by atoms with Crippen LogP contribution in [-0.2, 0) is 4.84 Å².